The van der Waals surface area contributed by atoms with E-state index in [-0.39, 0.29) is 23.8 Å². The van der Waals surface area contributed by atoms with Crippen LogP contribution in [0.5, 0.6) is 0 Å². The Hall–Kier alpha value is -1.91. The lowest BCUT2D eigenvalue weighted by Crippen LogP contribution is -2.45. The summed E-state index contributed by atoms with van der Waals surface area (Å²) in [4.78, 5) is 28.5. The van der Waals surface area contributed by atoms with Gasteiger partial charge in [-0.15, -0.1) is 0 Å². The van der Waals surface area contributed by atoms with Crippen molar-refractivity contribution in [1.82, 2.24) is 19.1 Å². The average Bonchev–Trinajstić information content (AvgIpc) is 3.33. The molecule has 2 amide bonds. The van der Waals surface area contributed by atoms with E-state index in [1.54, 1.807) is 4.90 Å². The van der Waals surface area contributed by atoms with Crippen LogP contribution in [0.4, 0.5) is 0 Å². The molecule has 0 saturated carbocycles. The third-order valence-electron chi connectivity index (χ3n) is 6.75. The number of likely N-dealkylation sites (tertiary alicyclic amines) is 1. The fourth-order valence-corrected chi connectivity index (χ4v) is 6.63. The zero-order valence-corrected chi connectivity index (χ0v) is 19.4. The van der Waals surface area contributed by atoms with E-state index in [4.69, 9.17) is 4.74 Å². The average molecular weight is 453 g/mol. The highest BCUT2D eigenvalue weighted by molar-refractivity contribution is 7.88. The van der Waals surface area contributed by atoms with E-state index in [0.717, 1.165) is 22.7 Å². The maximum atomic E-state index is 13.7. The molecule has 31 heavy (non-hydrogen) atoms. The summed E-state index contributed by atoms with van der Waals surface area (Å²) in [6.45, 7) is 6.34. The molecule has 0 spiro atoms. The SMILES string of the molecule is CC(C)[C@@H]1C(=O)N(S(C)(=O)=O)[C@@H]2CCN(C(=O)c3c(CC4COCCN4)ccn3C)[C@H]21. The first kappa shape index (κ1) is 22.3. The van der Waals surface area contributed by atoms with Crippen LogP contribution in [0.3, 0.4) is 0 Å². The van der Waals surface area contributed by atoms with Crippen molar-refractivity contribution in [2.45, 2.75) is 44.8 Å². The van der Waals surface area contributed by atoms with Gasteiger partial charge in [-0.05, 0) is 30.4 Å². The molecule has 3 fully saturated rings. The highest BCUT2D eigenvalue weighted by atomic mass is 32.2. The Kier molecular flexibility index (Phi) is 5.91. The van der Waals surface area contributed by atoms with Crippen molar-refractivity contribution in [1.29, 1.82) is 0 Å². The molecule has 3 saturated heterocycles. The Morgan fingerprint density at radius 2 is 2.10 bits per heavy atom. The van der Waals surface area contributed by atoms with Crippen LogP contribution in [-0.2, 0) is 33.0 Å². The van der Waals surface area contributed by atoms with Gasteiger partial charge in [0.25, 0.3) is 5.91 Å². The molecule has 3 aliphatic heterocycles. The van der Waals surface area contributed by atoms with Gasteiger partial charge in [-0.1, -0.05) is 13.8 Å². The molecule has 4 heterocycles. The van der Waals surface area contributed by atoms with Crippen molar-refractivity contribution in [3.8, 4) is 0 Å². The molecule has 0 aromatic carbocycles. The quantitative estimate of drug-likeness (QED) is 0.686. The first-order chi connectivity index (χ1) is 14.6. The molecule has 4 atom stereocenters. The van der Waals surface area contributed by atoms with Gasteiger partial charge in [0, 0.05) is 32.4 Å². The Balaban J connectivity index is 1.64. The summed E-state index contributed by atoms with van der Waals surface area (Å²) in [5.41, 5.74) is 1.53. The van der Waals surface area contributed by atoms with Crippen LogP contribution in [-0.4, -0.2) is 84.7 Å². The summed E-state index contributed by atoms with van der Waals surface area (Å²) in [6, 6.07) is 1.18. The maximum Gasteiger partial charge on any atom is 0.271 e. The lowest BCUT2D eigenvalue weighted by atomic mass is 9.88. The number of hydrogen-bond donors (Lipinski definition) is 1. The van der Waals surface area contributed by atoms with E-state index in [0.29, 0.717) is 38.3 Å². The summed E-state index contributed by atoms with van der Waals surface area (Å²) in [5.74, 6) is -1.12. The largest absolute Gasteiger partial charge is 0.379 e. The predicted molar refractivity (Wildman–Crippen MR) is 115 cm³/mol. The lowest BCUT2D eigenvalue weighted by Gasteiger charge is -2.30. The minimum Gasteiger partial charge on any atom is -0.379 e. The molecule has 9 nitrogen and oxygen atoms in total. The van der Waals surface area contributed by atoms with Crippen molar-refractivity contribution >= 4 is 21.8 Å². The number of nitrogens with zero attached hydrogens (tertiary/aromatic N) is 3. The fourth-order valence-electron chi connectivity index (χ4n) is 5.46. The second-order valence-electron chi connectivity index (χ2n) is 9.24. The number of fused-ring (bicyclic) bond motifs is 1. The predicted octanol–water partition coefficient (Wildman–Crippen LogP) is 0.213. The molecule has 0 radical (unpaired) electrons. The second-order valence-corrected chi connectivity index (χ2v) is 11.1. The van der Waals surface area contributed by atoms with Crippen molar-refractivity contribution < 1.29 is 22.7 Å². The summed E-state index contributed by atoms with van der Waals surface area (Å²) >= 11 is 0. The molecule has 3 aliphatic rings. The Morgan fingerprint density at radius 1 is 1.35 bits per heavy atom. The molecule has 10 heteroatoms. The number of rotatable bonds is 5. The molecular weight excluding hydrogens is 420 g/mol. The molecule has 172 valence electrons. The molecule has 0 bridgehead atoms. The second kappa shape index (κ2) is 8.22. The molecule has 1 aromatic rings. The minimum atomic E-state index is -3.69. The standard InChI is InChI=1S/C21H32N4O5S/c1-13(2)17-19-16(25(20(17)26)31(4,28)29)6-9-24(19)21(27)18-14(5-8-23(18)3)11-15-12-30-10-7-22-15/h5,8,13,15-17,19,22H,6-7,9-12H2,1-4H3/t15?,16-,17+,19-/m1/s1. The number of aryl methyl sites for hydroxylation is 1. The third-order valence-corrected chi connectivity index (χ3v) is 7.92. The smallest absolute Gasteiger partial charge is 0.271 e. The van der Waals surface area contributed by atoms with Crippen LogP contribution in [0.1, 0.15) is 36.3 Å². The van der Waals surface area contributed by atoms with Gasteiger partial charge in [0.1, 0.15) is 5.69 Å². The topological polar surface area (TPSA) is 101 Å². The number of morpholine rings is 1. The summed E-state index contributed by atoms with van der Waals surface area (Å²) in [6.07, 6.45) is 4.09. The minimum absolute atomic E-state index is 0.0726. The first-order valence-electron chi connectivity index (χ1n) is 10.9. The highest BCUT2D eigenvalue weighted by Gasteiger charge is 2.58. The zero-order valence-electron chi connectivity index (χ0n) is 18.6. The van der Waals surface area contributed by atoms with Gasteiger partial charge in [0.2, 0.25) is 15.9 Å². The van der Waals surface area contributed by atoms with Gasteiger partial charge in [-0.2, -0.15) is 0 Å². The van der Waals surface area contributed by atoms with Gasteiger partial charge in [0.05, 0.1) is 37.5 Å². The highest BCUT2D eigenvalue weighted by Crippen LogP contribution is 2.41. The Labute approximate surface area is 183 Å². The number of carbonyl (C=O) groups is 2. The van der Waals surface area contributed by atoms with E-state index in [1.807, 2.05) is 37.7 Å². The van der Waals surface area contributed by atoms with Crippen molar-refractivity contribution in [3.05, 3.63) is 23.5 Å². The monoisotopic (exact) mass is 452 g/mol. The maximum absolute atomic E-state index is 13.7. The van der Waals surface area contributed by atoms with E-state index in [9.17, 15) is 18.0 Å². The number of amides is 2. The van der Waals surface area contributed by atoms with Crippen molar-refractivity contribution in [2.75, 3.05) is 32.6 Å². The van der Waals surface area contributed by atoms with Crippen LogP contribution < -0.4 is 5.32 Å². The van der Waals surface area contributed by atoms with Crippen LogP contribution in [0.25, 0.3) is 0 Å². The van der Waals surface area contributed by atoms with E-state index in [2.05, 4.69) is 5.32 Å². The molecule has 0 aliphatic carbocycles. The summed E-state index contributed by atoms with van der Waals surface area (Å²) < 4.78 is 33.1. The van der Waals surface area contributed by atoms with Gasteiger partial charge in [-0.3, -0.25) is 9.59 Å². The number of nitrogens with one attached hydrogen (secondary N) is 1. The van der Waals surface area contributed by atoms with Gasteiger partial charge >= 0.3 is 0 Å². The van der Waals surface area contributed by atoms with Crippen LogP contribution in [0.15, 0.2) is 12.3 Å². The zero-order chi connectivity index (χ0) is 22.5. The number of hydrogen-bond acceptors (Lipinski definition) is 6. The molecule has 1 N–H and O–H groups in total. The molecule has 1 aromatic heterocycles. The number of carbonyl (C=O) groups excluding carboxylic acids is 2. The Bertz CT molecular complexity index is 966. The van der Waals surface area contributed by atoms with Crippen molar-refractivity contribution in [3.63, 3.8) is 0 Å². The van der Waals surface area contributed by atoms with Gasteiger partial charge in [-0.25, -0.2) is 12.7 Å². The summed E-state index contributed by atoms with van der Waals surface area (Å²) in [5, 5.41) is 3.42. The van der Waals surface area contributed by atoms with Gasteiger partial charge < -0.3 is 19.5 Å². The van der Waals surface area contributed by atoms with Crippen LogP contribution in [0, 0.1) is 11.8 Å². The van der Waals surface area contributed by atoms with Gasteiger partial charge in [0.15, 0.2) is 0 Å². The fraction of sp³-hybridized carbons (Fsp3) is 0.714. The van der Waals surface area contributed by atoms with Crippen LogP contribution >= 0.6 is 0 Å². The summed E-state index contributed by atoms with van der Waals surface area (Å²) in [7, 11) is -1.85. The number of ether oxygens (including phenoxy) is 1. The number of aromatic nitrogens is 1. The van der Waals surface area contributed by atoms with E-state index < -0.39 is 28.0 Å². The van der Waals surface area contributed by atoms with Crippen LogP contribution in [0.2, 0.25) is 0 Å². The molecule has 4 rings (SSSR count). The Morgan fingerprint density at radius 3 is 2.71 bits per heavy atom. The first-order valence-corrected chi connectivity index (χ1v) is 12.8. The molecule has 1 unspecified atom stereocenters. The third kappa shape index (κ3) is 3.89. The van der Waals surface area contributed by atoms with Crippen molar-refractivity contribution in [2.24, 2.45) is 18.9 Å². The lowest BCUT2D eigenvalue weighted by molar-refractivity contribution is -0.129. The molecular formula is C21H32N4O5S. The normalized spacial score (nSPS) is 29.1. The van der Waals surface area contributed by atoms with E-state index in [1.165, 1.54) is 0 Å². The van der Waals surface area contributed by atoms with E-state index >= 15 is 0 Å². The number of sulfonamides is 1.